The third-order valence-corrected chi connectivity index (χ3v) is 4.51. The maximum atomic E-state index is 5.83. The maximum absolute atomic E-state index is 5.83. The van der Waals surface area contributed by atoms with Gasteiger partial charge in [0.25, 0.3) is 6.01 Å². The molecule has 24 heavy (non-hydrogen) atoms. The lowest BCUT2D eigenvalue weighted by Gasteiger charge is -2.05. The Morgan fingerprint density at radius 3 is 2.71 bits per heavy atom. The van der Waals surface area contributed by atoms with E-state index in [2.05, 4.69) is 39.5 Å². The third-order valence-electron chi connectivity index (χ3n) is 3.48. The number of anilines is 1. The second-order valence-electron chi connectivity index (χ2n) is 5.95. The number of nitrogens with one attached hydrogen (secondary N) is 1. The SMILES string of the molecule is CCNc1nc2cc(CSCc3ccc(CN(C)C)o3)ccc2o1. The van der Waals surface area contributed by atoms with Crippen molar-refractivity contribution in [1.82, 2.24) is 9.88 Å². The van der Waals surface area contributed by atoms with Gasteiger partial charge in [-0.3, -0.25) is 0 Å². The summed E-state index contributed by atoms with van der Waals surface area (Å²) in [5.74, 6) is 3.82. The molecule has 0 aliphatic rings. The van der Waals surface area contributed by atoms with E-state index in [4.69, 9.17) is 8.83 Å². The van der Waals surface area contributed by atoms with Gasteiger partial charge in [0.2, 0.25) is 0 Å². The Kier molecular flexibility index (Phi) is 5.48. The van der Waals surface area contributed by atoms with E-state index in [1.54, 1.807) is 0 Å². The van der Waals surface area contributed by atoms with Crippen molar-refractivity contribution >= 4 is 28.9 Å². The van der Waals surface area contributed by atoms with E-state index in [-0.39, 0.29) is 0 Å². The van der Waals surface area contributed by atoms with Gasteiger partial charge in [0, 0.05) is 12.3 Å². The highest BCUT2D eigenvalue weighted by atomic mass is 32.2. The van der Waals surface area contributed by atoms with E-state index < -0.39 is 0 Å². The smallest absolute Gasteiger partial charge is 0.295 e. The summed E-state index contributed by atoms with van der Waals surface area (Å²) in [6, 6.07) is 10.9. The van der Waals surface area contributed by atoms with Crippen molar-refractivity contribution < 1.29 is 8.83 Å². The van der Waals surface area contributed by atoms with Gasteiger partial charge in [-0.15, -0.1) is 11.8 Å². The highest BCUT2D eigenvalue weighted by Crippen LogP contribution is 2.24. The Morgan fingerprint density at radius 2 is 1.92 bits per heavy atom. The summed E-state index contributed by atoms with van der Waals surface area (Å²) in [6.07, 6.45) is 0. The minimum atomic E-state index is 0.585. The summed E-state index contributed by atoms with van der Waals surface area (Å²) in [4.78, 5) is 6.55. The van der Waals surface area contributed by atoms with Gasteiger partial charge >= 0.3 is 0 Å². The molecule has 3 aromatic rings. The van der Waals surface area contributed by atoms with Gasteiger partial charge in [0.15, 0.2) is 5.58 Å². The number of fused-ring (bicyclic) bond motifs is 1. The quantitative estimate of drug-likeness (QED) is 0.655. The van der Waals surface area contributed by atoms with Crippen LogP contribution in [-0.4, -0.2) is 30.5 Å². The van der Waals surface area contributed by atoms with Crippen molar-refractivity contribution in [2.45, 2.75) is 25.0 Å². The Morgan fingerprint density at radius 1 is 1.08 bits per heavy atom. The zero-order chi connectivity index (χ0) is 16.9. The van der Waals surface area contributed by atoms with Crippen molar-refractivity contribution in [3.63, 3.8) is 0 Å². The molecule has 0 saturated carbocycles. The van der Waals surface area contributed by atoms with Crippen LogP contribution in [0.1, 0.15) is 24.0 Å². The molecular formula is C18H23N3O2S. The van der Waals surface area contributed by atoms with Crippen LogP contribution in [-0.2, 0) is 18.1 Å². The molecule has 0 aliphatic heterocycles. The van der Waals surface area contributed by atoms with Crippen LogP contribution >= 0.6 is 11.8 Å². The first-order valence-electron chi connectivity index (χ1n) is 8.07. The van der Waals surface area contributed by atoms with Crippen LogP contribution < -0.4 is 5.32 Å². The standard InChI is InChI=1S/C18H23N3O2S/c1-4-19-18-20-16-9-13(5-8-17(16)23-18)11-24-12-15-7-6-14(22-15)10-21(2)3/h5-9H,4,10-12H2,1-3H3,(H,19,20). The topological polar surface area (TPSA) is 54.4 Å². The van der Waals surface area contributed by atoms with Crippen molar-refractivity contribution in [3.05, 3.63) is 47.4 Å². The zero-order valence-corrected chi connectivity index (χ0v) is 15.2. The highest BCUT2D eigenvalue weighted by molar-refractivity contribution is 7.97. The first kappa shape index (κ1) is 16.9. The maximum Gasteiger partial charge on any atom is 0.295 e. The first-order valence-corrected chi connectivity index (χ1v) is 9.23. The number of benzene rings is 1. The molecule has 2 aromatic heterocycles. The molecule has 3 rings (SSSR count). The molecule has 1 N–H and O–H groups in total. The van der Waals surface area contributed by atoms with Crippen LogP contribution in [0.25, 0.3) is 11.1 Å². The highest BCUT2D eigenvalue weighted by Gasteiger charge is 2.07. The average molecular weight is 345 g/mol. The van der Waals surface area contributed by atoms with Crippen LogP contribution in [0.4, 0.5) is 6.01 Å². The average Bonchev–Trinajstić information content (AvgIpc) is 3.13. The monoisotopic (exact) mass is 345 g/mol. The molecule has 0 atom stereocenters. The van der Waals surface area contributed by atoms with E-state index in [0.717, 1.165) is 47.2 Å². The predicted octanol–water partition coefficient (Wildman–Crippen LogP) is 4.35. The number of thioether (sulfide) groups is 1. The van der Waals surface area contributed by atoms with Gasteiger partial charge in [0.1, 0.15) is 17.0 Å². The second-order valence-corrected chi connectivity index (χ2v) is 6.94. The lowest BCUT2D eigenvalue weighted by molar-refractivity contribution is 0.344. The first-order chi connectivity index (χ1) is 11.6. The molecule has 0 radical (unpaired) electrons. The molecule has 0 aliphatic carbocycles. The lowest BCUT2D eigenvalue weighted by atomic mass is 10.2. The summed E-state index contributed by atoms with van der Waals surface area (Å²) in [5, 5.41) is 3.10. The predicted molar refractivity (Wildman–Crippen MR) is 99.3 cm³/mol. The molecule has 128 valence electrons. The number of aromatic nitrogens is 1. The molecule has 0 amide bonds. The number of rotatable bonds is 8. The fourth-order valence-electron chi connectivity index (χ4n) is 2.46. The normalized spacial score (nSPS) is 11.5. The number of hydrogen-bond donors (Lipinski definition) is 1. The van der Waals surface area contributed by atoms with Crippen molar-refractivity contribution in [1.29, 1.82) is 0 Å². The minimum Gasteiger partial charge on any atom is -0.464 e. The molecule has 0 fully saturated rings. The van der Waals surface area contributed by atoms with E-state index >= 15 is 0 Å². The third kappa shape index (κ3) is 4.33. The Labute approximate surface area is 146 Å². The van der Waals surface area contributed by atoms with Crippen molar-refractivity contribution in [2.75, 3.05) is 26.0 Å². The van der Waals surface area contributed by atoms with Crippen LogP contribution in [0.3, 0.4) is 0 Å². The van der Waals surface area contributed by atoms with Gasteiger partial charge in [-0.2, -0.15) is 4.98 Å². The van der Waals surface area contributed by atoms with Crippen LogP contribution in [0, 0.1) is 0 Å². The van der Waals surface area contributed by atoms with Crippen LogP contribution in [0.2, 0.25) is 0 Å². The minimum absolute atomic E-state index is 0.585. The molecular weight excluding hydrogens is 322 g/mol. The van der Waals surface area contributed by atoms with Gasteiger partial charge in [-0.05, 0) is 50.8 Å². The zero-order valence-electron chi connectivity index (χ0n) is 14.3. The lowest BCUT2D eigenvalue weighted by Crippen LogP contribution is -2.09. The summed E-state index contributed by atoms with van der Waals surface area (Å²) in [7, 11) is 4.08. The molecule has 5 nitrogen and oxygen atoms in total. The fourth-order valence-corrected chi connectivity index (χ4v) is 3.33. The van der Waals surface area contributed by atoms with Crippen LogP contribution in [0.15, 0.2) is 39.2 Å². The summed E-state index contributed by atoms with van der Waals surface area (Å²) in [6.45, 7) is 3.66. The van der Waals surface area contributed by atoms with E-state index in [1.807, 2.05) is 38.8 Å². The van der Waals surface area contributed by atoms with E-state index in [0.29, 0.717) is 6.01 Å². The van der Waals surface area contributed by atoms with Gasteiger partial charge in [-0.1, -0.05) is 6.07 Å². The summed E-state index contributed by atoms with van der Waals surface area (Å²) >= 11 is 1.84. The number of hydrogen-bond acceptors (Lipinski definition) is 6. The molecule has 0 saturated heterocycles. The molecule has 1 aromatic carbocycles. The van der Waals surface area contributed by atoms with E-state index in [1.165, 1.54) is 5.56 Å². The largest absolute Gasteiger partial charge is 0.464 e. The van der Waals surface area contributed by atoms with E-state index in [9.17, 15) is 0 Å². The molecule has 6 heteroatoms. The van der Waals surface area contributed by atoms with Gasteiger partial charge in [-0.25, -0.2) is 0 Å². The number of nitrogens with zero attached hydrogens (tertiary/aromatic N) is 2. The van der Waals surface area contributed by atoms with Gasteiger partial charge < -0.3 is 19.1 Å². The molecule has 0 unspecified atom stereocenters. The Balaban J connectivity index is 1.56. The Hall–Kier alpha value is -1.92. The molecule has 0 spiro atoms. The fraction of sp³-hybridized carbons (Fsp3) is 0.389. The van der Waals surface area contributed by atoms with Crippen molar-refractivity contribution in [2.24, 2.45) is 0 Å². The van der Waals surface area contributed by atoms with Gasteiger partial charge in [0.05, 0.1) is 12.3 Å². The summed E-state index contributed by atoms with van der Waals surface area (Å²) < 4.78 is 11.5. The number of furan rings is 1. The Bertz CT molecular complexity index is 795. The molecule has 2 heterocycles. The number of oxazole rings is 1. The second kappa shape index (κ2) is 7.77. The molecule has 0 bridgehead atoms. The van der Waals surface area contributed by atoms with Crippen molar-refractivity contribution in [3.8, 4) is 0 Å². The van der Waals surface area contributed by atoms with Crippen LogP contribution in [0.5, 0.6) is 0 Å². The summed E-state index contributed by atoms with van der Waals surface area (Å²) in [5.41, 5.74) is 2.96.